The van der Waals surface area contributed by atoms with E-state index in [4.69, 9.17) is 0 Å². The number of carbonyl (C=O) groups is 2. The Balaban J connectivity index is 1.59. The van der Waals surface area contributed by atoms with E-state index in [1.807, 2.05) is 0 Å². The Bertz CT molecular complexity index is 1190. The third kappa shape index (κ3) is 6.03. The minimum Gasteiger partial charge on any atom is -0.331 e. The Hall–Kier alpha value is -3.47. The number of allylic oxidation sites excluding steroid dienone is 1. The largest absolute Gasteiger partial charge is 0.331 e. The molecule has 3 aromatic rings. The fourth-order valence-corrected chi connectivity index (χ4v) is 3.43. The molecule has 0 saturated carbocycles. The predicted molar refractivity (Wildman–Crippen MR) is 113 cm³/mol. The molecule has 11 heteroatoms. The molecule has 0 saturated heterocycles. The first-order chi connectivity index (χ1) is 14.7. The minimum absolute atomic E-state index is 0.0343. The second kappa shape index (κ2) is 7.59. The van der Waals surface area contributed by atoms with Crippen molar-refractivity contribution in [3.8, 4) is 0 Å². The van der Waals surface area contributed by atoms with Gasteiger partial charge in [-0.1, -0.05) is 49.8 Å². The number of nitrogens with one attached hydrogen (secondary N) is 1. The molecule has 1 N–H and O–H groups in total. The van der Waals surface area contributed by atoms with Crippen LogP contribution in [-0.2, 0) is 18.3 Å². The number of hydrogen-bond donors (Lipinski definition) is 1. The van der Waals surface area contributed by atoms with Gasteiger partial charge < -0.3 is 9.88 Å². The van der Waals surface area contributed by atoms with Gasteiger partial charge in [0.05, 0.1) is 6.42 Å². The van der Waals surface area contributed by atoms with Crippen LogP contribution in [0.3, 0.4) is 0 Å². The van der Waals surface area contributed by atoms with Gasteiger partial charge in [-0.3, -0.25) is 9.59 Å². The molecule has 32 heavy (non-hydrogen) atoms. The fourth-order valence-electron chi connectivity index (χ4n) is 2.78. The Morgan fingerprint density at radius 2 is 1.62 bits per heavy atom. The first-order valence-electron chi connectivity index (χ1n) is 9.14. The van der Waals surface area contributed by atoms with Crippen LogP contribution in [0.4, 0.5) is 25.1 Å². The molecule has 3 rings (SSSR count). The van der Waals surface area contributed by atoms with Gasteiger partial charge in [0.25, 0.3) is 0 Å². The van der Waals surface area contributed by atoms with E-state index in [0.717, 1.165) is 12.1 Å². The molecule has 2 aromatic carbocycles. The van der Waals surface area contributed by atoms with Crippen molar-refractivity contribution in [2.45, 2.75) is 11.3 Å². The van der Waals surface area contributed by atoms with Crippen molar-refractivity contribution in [1.82, 2.24) is 9.55 Å². The molecule has 0 spiro atoms. The van der Waals surface area contributed by atoms with Crippen LogP contribution in [0.1, 0.15) is 21.7 Å². The van der Waals surface area contributed by atoms with Gasteiger partial charge in [0.15, 0.2) is 5.82 Å². The number of anilines is 1. The van der Waals surface area contributed by atoms with Crippen LogP contribution in [-0.4, -0.2) is 21.2 Å². The quantitative estimate of drug-likeness (QED) is 0.255. The summed E-state index contributed by atoms with van der Waals surface area (Å²) < 4.78 is 65.3. The average Bonchev–Trinajstić information content (AvgIpc) is 3.12. The lowest BCUT2D eigenvalue weighted by atomic mass is 10.1. The summed E-state index contributed by atoms with van der Waals surface area (Å²) in [5.74, 6) is -0.501. The predicted octanol–water partition coefficient (Wildman–Crippen LogP) is 6.15. The van der Waals surface area contributed by atoms with Crippen LogP contribution in [0.25, 0.3) is 6.08 Å². The molecule has 0 fully saturated rings. The number of hydrogen-bond acceptors (Lipinski definition) is 3. The summed E-state index contributed by atoms with van der Waals surface area (Å²) >= 11 is 0. The van der Waals surface area contributed by atoms with E-state index >= 15 is 0 Å². The molecule has 0 aliphatic rings. The highest BCUT2D eigenvalue weighted by atomic mass is 32.5. The Morgan fingerprint density at radius 1 is 1.00 bits per heavy atom. The number of ketones is 1. The van der Waals surface area contributed by atoms with Crippen LogP contribution >= 0.6 is 10.2 Å². The second-order valence-electron chi connectivity index (χ2n) is 7.02. The average molecular weight is 471 g/mol. The maximum absolute atomic E-state index is 12.7. The zero-order valence-electron chi connectivity index (χ0n) is 16.6. The second-order valence-corrected chi connectivity index (χ2v) is 9.43. The van der Waals surface area contributed by atoms with Crippen LogP contribution < -0.4 is 5.32 Å². The van der Waals surface area contributed by atoms with Gasteiger partial charge in [-0.15, -0.1) is 0 Å². The SMILES string of the molecule is Cn1ccnc1C(=O)/C=C/c1ccc(CC(=O)Nc2ccc(S(F)(F)(F)(F)F)cc2)cc1. The first kappa shape index (κ1) is 23.2. The van der Waals surface area contributed by atoms with E-state index in [9.17, 15) is 29.0 Å². The third-order valence-electron chi connectivity index (χ3n) is 4.40. The van der Waals surface area contributed by atoms with E-state index in [-0.39, 0.29) is 30.0 Å². The number of aromatic nitrogens is 2. The summed E-state index contributed by atoms with van der Waals surface area (Å²) in [5.41, 5.74) is 1.29. The van der Waals surface area contributed by atoms with E-state index in [1.165, 1.54) is 12.3 Å². The van der Waals surface area contributed by atoms with Crippen molar-refractivity contribution in [3.05, 3.63) is 84.0 Å². The lowest BCUT2D eigenvalue weighted by Crippen LogP contribution is -2.14. The van der Waals surface area contributed by atoms with Crippen molar-refractivity contribution in [1.29, 1.82) is 0 Å². The molecule has 1 amide bonds. The van der Waals surface area contributed by atoms with Gasteiger partial charge in [0, 0.05) is 25.1 Å². The highest BCUT2D eigenvalue weighted by Gasteiger charge is 2.65. The van der Waals surface area contributed by atoms with Crippen molar-refractivity contribution in [2.24, 2.45) is 7.05 Å². The molecule has 0 atom stereocenters. The molecular formula is C21H18F5N3O2S. The highest BCUT2D eigenvalue weighted by molar-refractivity contribution is 8.45. The zero-order chi connectivity index (χ0) is 23.6. The lowest BCUT2D eigenvalue weighted by Gasteiger charge is -2.40. The fraction of sp³-hybridized carbons (Fsp3) is 0.0952. The number of aryl methyl sites for hydroxylation is 1. The van der Waals surface area contributed by atoms with Gasteiger partial charge in [-0.25, -0.2) is 4.98 Å². The Labute approximate surface area is 180 Å². The lowest BCUT2D eigenvalue weighted by molar-refractivity contribution is -0.115. The Kier molecular flexibility index (Phi) is 5.50. The van der Waals surface area contributed by atoms with E-state index in [2.05, 4.69) is 10.3 Å². The number of carbonyl (C=O) groups excluding carboxylic acids is 2. The highest BCUT2D eigenvalue weighted by Crippen LogP contribution is 3.02. The van der Waals surface area contributed by atoms with Crippen molar-refractivity contribution in [2.75, 3.05) is 5.32 Å². The number of benzene rings is 2. The zero-order valence-corrected chi connectivity index (χ0v) is 17.5. The van der Waals surface area contributed by atoms with Crippen LogP contribution in [0.5, 0.6) is 0 Å². The molecule has 1 heterocycles. The first-order valence-corrected chi connectivity index (χ1v) is 11.1. The molecule has 170 valence electrons. The molecule has 0 bridgehead atoms. The minimum atomic E-state index is -9.75. The van der Waals surface area contributed by atoms with Gasteiger partial charge in [-0.2, -0.15) is 0 Å². The summed E-state index contributed by atoms with van der Waals surface area (Å²) in [6, 6.07) is 8.72. The van der Waals surface area contributed by atoms with E-state index < -0.39 is 21.0 Å². The van der Waals surface area contributed by atoms with Gasteiger partial charge in [0.1, 0.15) is 4.90 Å². The summed E-state index contributed by atoms with van der Waals surface area (Å²) in [6.45, 7) is 0. The monoisotopic (exact) mass is 471 g/mol. The normalized spacial score (nSPS) is 14.1. The van der Waals surface area contributed by atoms with Gasteiger partial charge in [-0.05, 0) is 41.5 Å². The maximum atomic E-state index is 12.7. The van der Waals surface area contributed by atoms with Crippen molar-refractivity contribution >= 4 is 33.7 Å². The molecular weight excluding hydrogens is 453 g/mol. The summed E-state index contributed by atoms with van der Waals surface area (Å²) in [7, 11) is -8.04. The maximum Gasteiger partial charge on any atom is 0.310 e. The third-order valence-corrected chi connectivity index (χ3v) is 5.56. The summed E-state index contributed by atoms with van der Waals surface area (Å²) in [6.07, 6.45) is 6.06. The number of amides is 1. The summed E-state index contributed by atoms with van der Waals surface area (Å²) in [5, 5.41) is 2.36. The van der Waals surface area contributed by atoms with Gasteiger partial charge in [0.2, 0.25) is 11.7 Å². The van der Waals surface area contributed by atoms with Crippen LogP contribution in [0.2, 0.25) is 0 Å². The van der Waals surface area contributed by atoms with Gasteiger partial charge >= 0.3 is 10.2 Å². The summed E-state index contributed by atoms with van der Waals surface area (Å²) in [4.78, 5) is 26.1. The van der Waals surface area contributed by atoms with Crippen molar-refractivity contribution < 1.29 is 29.0 Å². The van der Waals surface area contributed by atoms with Crippen LogP contribution in [0, 0.1) is 0 Å². The topological polar surface area (TPSA) is 64.0 Å². The van der Waals surface area contributed by atoms with E-state index in [0.29, 0.717) is 17.0 Å². The molecule has 0 unspecified atom stereocenters. The smallest absolute Gasteiger partial charge is 0.310 e. The molecule has 5 nitrogen and oxygen atoms in total. The number of rotatable bonds is 7. The number of imidazole rings is 1. The van der Waals surface area contributed by atoms with Crippen LogP contribution in [0.15, 0.2) is 71.9 Å². The number of halogens is 5. The molecule has 0 aliphatic heterocycles. The molecule has 1 aromatic heterocycles. The Morgan fingerprint density at radius 3 is 2.16 bits per heavy atom. The van der Waals surface area contributed by atoms with E-state index in [1.54, 1.807) is 48.2 Å². The number of nitrogens with zero attached hydrogens (tertiary/aromatic N) is 2. The van der Waals surface area contributed by atoms with Crippen molar-refractivity contribution in [3.63, 3.8) is 0 Å². The standard InChI is InChI=1S/C21H18F5N3O2S/c1-29-13-12-27-21(29)19(30)11-6-15-2-4-16(5-3-15)14-20(31)28-17-7-9-18(10-8-17)32(22,23,24,25)26/h2-13H,14H2,1H3,(H,28,31)/b11-6+. The molecule has 0 aliphatic carbocycles. The molecule has 0 radical (unpaired) electrons.